The summed E-state index contributed by atoms with van der Waals surface area (Å²) in [6.07, 6.45) is 1.93. The number of likely N-dealkylation sites (N-methyl/N-ethyl adjacent to an activating group) is 1. The molecule has 3 aromatic heterocycles. The molecule has 3 atom stereocenters. The van der Waals surface area contributed by atoms with Gasteiger partial charge in [-0.1, -0.05) is 0 Å². The van der Waals surface area contributed by atoms with Crippen LogP contribution in [-0.4, -0.2) is 87.1 Å². The number of amides is 1. The van der Waals surface area contributed by atoms with Gasteiger partial charge in [0.05, 0.1) is 0 Å². The lowest BCUT2D eigenvalue weighted by Gasteiger charge is -2.33. The third-order valence-corrected chi connectivity index (χ3v) is 6.61. The topological polar surface area (TPSA) is 116 Å². The quantitative estimate of drug-likeness (QED) is 0.488. The highest BCUT2D eigenvalue weighted by Crippen LogP contribution is 2.38. The highest BCUT2D eigenvalue weighted by atomic mass is 19.1. The van der Waals surface area contributed by atoms with Crippen LogP contribution >= 0.6 is 0 Å². The fourth-order valence-electron chi connectivity index (χ4n) is 4.68. The van der Waals surface area contributed by atoms with E-state index in [0.717, 1.165) is 37.6 Å². The third kappa shape index (κ3) is 5.02. The Bertz CT molecular complexity index is 1170. The minimum absolute atomic E-state index is 0.0654. The van der Waals surface area contributed by atoms with Crippen molar-refractivity contribution in [3.63, 3.8) is 0 Å². The maximum atomic E-state index is 15.1. The fraction of sp³-hybridized carbons (Fsp3) is 0.565. The molecule has 188 valence electrons. The van der Waals surface area contributed by atoms with Gasteiger partial charge >= 0.3 is 6.09 Å². The summed E-state index contributed by atoms with van der Waals surface area (Å²) in [4.78, 5) is 25.7. The summed E-state index contributed by atoms with van der Waals surface area (Å²) in [5.74, 6) is 1.55. The van der Waals surface area contributed by atoms with E-state index in [1.54, 1.807) is 12.3 Å². The van der Waals surface area contributed by atoms with Gasteiger partial charge in [0.15, 0.2) is 5.82 Å². The normalized spacial score (nSPS) is 23.2. The molecule has 3 aromatic rings. The van der Waals surface area contributed by atoms with Crippen LogP contribution in [-0.2, 0) is 4.74 Å². The van der Waals surface area contributed by atoms with Gasteiger partial charge < -0.3 is 25.2 Å². The first-order valence-electron chi connectivity index (χ1n) is 12.1. The zero-order valence-electron chi connectivity index (χ0n) is 20.2. The average molecular weight is 486 g/mol. The zero-order chi connectivity index (χ0) is 24.5. The molecule has 11 nitrogen and oxygen atoms in total. The number of hydrogen-bond donors (Lipinski definition) is 3. The van der Waals surface area contributed by atoms with E-state index in [4.69, 9.17) is 9.72 Å². The Balaban J connectivity index is 1.30. The molecule has 1 saturated heterocycles. The van der Waals surface area contributed by atoms with Crippen molar-refractivity contribution in [1.29, 1.82) is 0 Å². The Morgan fingerprint density at radius 1 is 1.23 bits per heavy atom. The number of fused-ring (bicyclic) bond motifs is 1. The molecule has 0 aromatic carbocycles. The summed E-state index contributed by atoms with van der Waals surface area (Å²) in [6, 6.07) is 3.71. The SMILES string of the molecule is CC(C)NC(=O)O[C@@H]1CC[C@H](c2cc(Nc3nc(N4CCN(C)CC4)cc4nccn34)n[nH]2)[C@H]1F. The highest BCUT2D eigenvalue weighted by Gasteiger charge is 2.41. The minimum Gasteiger partial charge on any atom is -0.443 e. The second-order valence-corrected chi connectivity index (χ2v) is 9.59. The first-order valence-corrected chi connectivity index (χ1v) is 12.1. The number of alkyl halides is 1. The van der Waals surface area contributed by atoms with Crippen molar-refractivity contribution >= 4 is 29.3 Å². The Morgan fingerprint density at radius 3 is 2.80 bits per heavy atom. The second-order valence-electron chi connectivity index (χ2n) is 9.59. The lowest BCUT2D eigenvalue weighted by Crippen LogP contribution is -2.44. The molecule has 1 amide bonds. The number of rotatable bonds is 6. The van der Waals surface area contributed by atoms with Crippen molar-refractivity contribution in [3.8, 4) is 0 Å². The van der Waals surface area contributed by atoms with E-state index in [0.29, 0.717) is 30.3 Å². The van der Waals surface area contributed by atoms with E-state index in [1.807, 2.05) is 30.5 Å². The molecule has 35 heavy (non-hydrogen) atoms. The molecular weight excluding hydrogens is 453 g/mol. The third-order valence-electron chi connectivity index (χ3n) is 6.61. The predicted octanol–water partition coefficient (Wildman–Crippen LogP) is 2.67. The molecule has 3 N–H and O–H groups in total. The standard InChI is InChI=1S/C23H32FN9O2/c1-14(2)26-23(34)35-17-5-4-15(21(17)24)16-12-18(30-29-16)27-22-28-20(13-19-25-6-7-33(19)22)32-10-8-31(3)9-11-32/h6-7,12-15,17,21H,4-5,8-11H2,1-3H3,(H,26,34)(H2,27,28,29,30)/t15-,17-,21-/m1/s1. The molecule has 1 aliphatic carbocycles. The van der Waals surface area contributed by atoms with Gasteiger partial charge in [-0.15, -0.1) is 0 Å². The van der Waals surface area contributed by atoms with Crippen molar-refractivity contribution in [2.75, 3.05) is 43.4 Å². The summed E-state index contributed by atoms with van der Waals surface area (Å²) in [5, 5.41) is 13.2. The van der Waals surface area contributed by atoms with Gasteiger partial charge in [0.1, 0.15) is 23.7 Å². The van der Waals surface area contributed by atoms with Crippen molar-refractivity contribution in [3.05, 3.63) is 30.2 Å². The molecule has 4 heterocycles. The van der Waals surface area contributed by atoms with Crippen LogP contribution in [0.2, 0.25) is 0 Å². The maximum absolute atomic E-state index is 15.1. The van der Waals surface area contributed by atoms with Crippen LogP contribution in [0.1, 0.15) is 38.3 Å². The number of piperazine rings is 1. The van der Waals surface area contributed by atoms with Crippen LogP contribution < -0.4 is 15.5 Å². The molecule has 5 rings (SSSR count). The number of alkyl carbamates (subject to hydrolysis) is 1. The number of aromatic amines is 1. The molecule has 2 fully saturated rings. The number of carbonyl (C=O) groups excluding carboxylic acids is 1. The number of anilines is 3. The number of nitrogens with zero attached hydrogens (tertiary/aromatic N) is 6. The van der Waals surface area contributed by atoms with Crippen LogP contribution in [0.4, 0.5) is 26.8 Å². The van der Waals surface area contributed by atoms with Gasteiger partial charge in [-0.2, -0.15) is 10.1 Å². The van der Waals surface area contributed by atoms with Crippen LogP contribution in [0.25, 0.3) is 5.65 Å². The molecule has 0 bridgehead atoms. The van der Waals surface area contributed by atoms with Gasteiger partial charge in [0, 0.05) is 68.4 Å². The van der Waals surface area contributed by atoms with E-state index in [9.17, 15) is 4.79 Å². The summed E-state index contributed by atoms with van der Waals surface area (Å²) >= 11 is 0. The lowest BCUT2D eigenvalue weighted by atomic mass is 10.0. The second kappa shape index (κ2) is 9.68. The number of hydrogen-bond acceptors (Lipinski definition) is 8. The largest absolute Gasteiger partial charge is 0.443 e. The predicted molar refractivity (Wildman–Crippen MR) is 130 cm³/mol. The maximum Gasteiger partial charge on any atom is 0.407 e. The van der Waals surface area contributed by atoms with Crippen LogP contribution in [0.5, 0.6) is 0 Å². The molecule has 2 aliphatic rings. The molecule has 0 unspecified atom stereocenters. The molecule has 0 radical (unpaired) electrons. The number of ether oxygens (including phenoxy) is 1. The van der Waals surface area contributed by atoms with Gasteiger partial charge in [-0.05, 0) is 33.7 Å². The van der Waals surface area contributed by atoms with Crippen LogP contribution in [0, 0.1) is 0 Å². The summed E-state index contributed by atoms with van der Waals surface area (Å²) in [5.41, 5.74) is 1.44. The Morgan fingerprint density at radius 2 is 2.03 bits per heavy atom. The van der Waals surface area contributed by atoms with E-state index < -0.39 is 24.3 Å². The minimum atomic E-state index is -1.31. The summed E-state index contributed by atoms with van der Waals surface area (Å²) in [7, 11) is 2.12. The van der Waals surface area contributed by atoms with Gasteiger partial charge in [-0.3, -0.25) is 9.50 Å². The molecule has 1 aliphatic heterocycles. The smallest absolute Gasteiger partial charge is 0.407 e. The first-order chi connectivity index (χ1) is 16.9. The summed E-state index contributed by atoms with van der Waals surface area (Å²) in [6.45, 7) is 7.40. The van der Waals surface area contributed by atoms with E-state index in [-0.39, 0.29) is 6.04 Å². The van der Waals surface area contributed by atoms with Crippen LogP contribution in [0.15, 0.2) is 24.5 Å². The first kappa shape index (κ1) is 23.3. The number of halogens is 1. The lowest BCUT2D eigenvalue weighted by molar-refractivity contribution is 0.0555. The Labute approximate surface area is 203 Å². The van der Waals surface area contributed by atoms with E-state index in [1.165, 1.54) is 0 Å². The monoisotopic (exact) mass is 485 g/mol. The molecule has 0 spiro atoms. The zero-order valence-corrected chi connectivity index (χ0v) is 20.2. The van der Waals surface area contributed by atoms with Gasteiger partial charge in [0.25, 0.3) is 0 Å². The molecule has 1 saturated carbocycles. The number of aromatic nitrogens is 5. The highest BCUT2D eigenvalue weighted by molar-refractivity contribution is 5.67. The van der Waals surface area contributed by atoms with E-state index in [2.05, 4.69) is 42.7 Å². The Kier molecular flexibility index (Phi) is 6.46. The number of nitrogens with one attached hydrogen (secondary N) is 3. The number of carbonyl (C=O) groups is 1. The molecule has 12 heteroatoms. The van der Waals surface area contributed by atoms with Crippen molar-refractivity contribution in [2.45, 2.75) is 50.9 Å². The van der Waals surface area contributed by atoms with E-state index >= 15 is 4.39 Å². The molecular formula is C23H32FN9O2. The Hall–Kier alpha value is -3.41. The van der Waals surface area contributed by atoms with Crippen molar-refractivity contribution in [1.82, 2.24) is 34.8 Å². The van der Waals surface area contributed by atoms with Gasteiger partial charge in [0.2, 0.25) is 5.95 Å². The summed E-state index contributed by atoms with van der Waals surface area (Å²) < 4.78 is 22.3. The van der Waals surface area contributed by atoms with Crippen molar-refractivity contribution in [2.24, 2.45) is 0 Å². The van der Waals surface area contributed by atoms with Crippen molar-refractivity contribution < 1.29 is 13.9 Å². The number of imidazole rings is 1. The van der Waals surface area contributed by atoms with Crippen LogP contribution in [0.3, 0.4) is 0 Å². The number of H-pyrrole nitrogens is 1. The average Bonchev–Trinajstić information content (AvgIpc) is 3.55. The van der Waals surface area contributed by atoms with Gasteiger partial charge in [-0.25, -0.2) is 14.2 Å². The fourth-order valence-corrected chi connectivity index (χ4v) is 4.68.